The normalized spacial score (nSPS) is 11.9. The molecule has 0 heterocycles. The molecule has 0 aliphatic rings. The summed E-state index contributed by atoms with van der Waals surface area (Å²) in [6, 6.07) is 15.3. The van der Waals surface area contributed by atoms with Crippen molar-refractivity contribution in [3.8, 4) is 0 Å². The summed E-state index contributed by atoms with van der Waals surface area (Å²) in [5.41, 5.74) is 3.71. The van der Waals surface area contributed by atoms with Crippen LogP contribution in [0.25, 0.3) is 0 Å². The molecule has 0 aromatic heterocycles. The molecule has 2 rings (SSSR count). The van der Waals surface area contributed by atoms with E-state index in [1.807, 2.05) is 19.1 Å². The molecule has 2 N–H and O–H groups in total. The van der Waals surface area contributed by atoms with Crippen molar-refractivity contribution in [3.05, 3.63) is 59.7 Å². The zero-order chi connectivity index (χ0) is 18.4. The maximum absolute atomic E-state index is 12.5. The Hall–Kier alpha value is -2.62. The second-order valence-electron chi connectivity index (χ2n) is 6.81. The van der Waals surface area contributed by atoms with Crippen molar-refractivity contribution in [2.75, 3.05) is 10.6 Å². The van der Waals surface area contributed by atoms with E-state index in [4.69, 9.17) is 0 Å². The van der Waals surface area contributed by atoms with Crippen LogP contribution in [0.15, 0.2) is 48.5 Å². The summed E-state index contributed by atoms with van der Waals surface area (Å²) in [6.45, 7) is 7.75. The van der Waals surface area contributed by atoms with E-state index in [2.05, 4.69) is 36.6 Å². The van der Waals surface area contributed by atoms with Gasteiger partial charge in [-0.3, -0.25) is 9.59 Å². The Morgan fingerprint density at radius 2 is 1.36 bits per heavy atom. The van der Waals surface area contributed by atoms with Gasteiger partial charge in [-0.25, -0.2) is 0 Å². The van der Waals surface area contributed by atoms with Gasteiger partial charge < -0.3 is 10.6 Å². The first-order valence-corrected chi connectivity index (χ1v) is 8.62. The summed E-state index contributed by atoms with van der Waals surface area (Å²) in [5, 5.41) is 5.62. The molecule has 25 heavy (non-hydrogen) atoms. The molecule has 0 saturated heterocycles. The van der Waals surface area contributed by atoms with Gasteiger partial charge in [-0.15, -0.1) is 0 Å². The Morgan fingerprint density at radius 1 is 0.840 bits per heavy atom. The molecule has 0 saturated carbocycles. The maximum atomic E-state index is 12.5. The summed E-state index contributed by atoms with van der Waals surface area (Å²) in [4.78, 5) is 23.5. The van der Waals surface area contributed by atoms with Crippen LogP contribution in [0.2, 0.25) is 0 Å². The van der Waals surface area contributed by atoms with Gasteiger partial charge >= 0.3 is 0 Å². The average molecular weight is 338 g/mol. The van der Waals surface area contributed by atoms with E-state index in [9.17, 15) is 9.59 Å². The second kappa shape index (κ2) is 8.47. The molecular formula is C21H26N2O2. The highest BCUT2D eigenvalue weighted by atomic mass is 16.2. The quantitative estimate of drug-likeness (QED) is 0.809. The van der Waals surface area contributed by atoms with Crippen molar-refractivity contribution in [3.63, 3.8) is 0 Å². The predicted octanol–water partition coefficient (Wildman–Crippen LogP) is 4.59. The van der Waals surface area contributed by atoms with Crippen molar-refractivity contribution in [1.29, 1.82) is 0 Å². The molecule has 0 spiro atoms. The fourth-order valence-electron chi connectivity index (χ4n) is 2.66. The molecule has 1 atom stereocenters. The molecule has 1 unspecified atom stereocenters. The minimum Gasteiger partial charge on any atom is -0.326 e. The highest BCUT2D eigenvalue weighted by Gasteiger charge is 2.15. The maximum Gasteiger partial charge on any atom is 0.231 e. The van der Waals surface area contributed by atoms with Crippen LogP contribution in [-0.4, -0.2) is 11.8 Å². The van der Waals surface area contributed by atoms with Crippen LogP contribution in [0.3, 0.4) is 0 Å². The molecule has 2 aromatic carbocycles. The van der Waals surface area contributed by atoms with Crippen molar-refractivity contribution < 1.29 is 9.59 Å². The first-order valence-electron chi connectivity index (χ1n) is 8.62. The van der Waals surface area contributed by atoms with Crippen molar-refractivity contribution >= 4 is 23.2 Å². The van der Waals surface area contributed by atoms with E-state index < -0.39 is 0 Å². The lowest BCUT2D eigenvalue weighted by Crippen LogP contribution is -2.19. The van der Waals surface area contributed by atoms with Gasteiger partial charge in [0, 0.05) is 18.3 Å². The monoisotopic (exact) mass is 338 g/mol. The van der Waals surface area contributed by atoms with Crippen LogP contribution >= 0.6 is 0 Å². The summed E-state index contributed by atoms with van der Waals surface area (Å²) in [7, 11) is 0. The minimum absolute atomic E-state index is 0.0520. The van der Waals surface area contributed by atoms with Crippen LogP contribution in [0.5, 0.6) is 0 Å². The Labute approximate surface area is 149 Å². The van der Waals surface area contributed by atoms with E-state index in [-0.39, 0.29) is 17.7 Å². The van der Waals surface area contributed by atoms with Crippen molar-refractivity contribution in [2.24, 2.45) is 5.92 Å². The Morgan fingerprint density at radius 3 is 1.84 bits per heavy atom. The Balaban J connectivity index is 1.98. The van der Waals surface area contributed by atoms with E-state index in [1.165, 1.54) is 12.5 Å². The zero-order valence-electron chi connectivity index (χ0n) is 15.3. The fourth-order valence-corrected chi connectivity index (χ4v) is 2.66. The molecule has 0 aliphatic carbocycles. The third-order valence-corrected chi connectivity index (χ3v) is 3.99. The lowest BCUT2D eigenvalue weighted by molar-refractivity contribution is -0.117. The number of nitrogens with one attached hydrogen (secondary N) is 2. The molecule has 0 radical (unpaired) electrons. The smallest absolute Gasteiger partial charge is 0.231 e. The number of hydrogen-bond donors (Lipinski definition) is 2. The van der Waals surface area contributed by atoms with Gasteiger partial charge in [0.05, 0.1) is 5.92 Å². The minimum atomic E-state index is -0.233. The molecule has 2 aromatic rings. The zero-order valence-corrected chi connectivity index (χ0v) is 15.3. The topological polar surface area (TPSA) is 58.2 Å². The first kappa shape index (κ1) is 18.7. The van der Waals surface area contributed by atoms with Gasteiger partial charge in [0.25, 0.3) is 0 Å². The van der Waals surface area contributed by atoms with Gasteiger partial charge in [-0.1, -0.05) is 38.1 Å². The van der Waals surface area contributed by atoms with Crippen LogP contribution in [0.4, 0.5) is 11.4 Å². The lowest BCUT2D eigenvalue weighted by Gasteiger charge is -2.14. The highest BCUT2D eigenvalue weighted by Crippen LogP contribution is 2.20. The van der Waals surface area contributed by atoms with E-state index in [0.717, 1.165) is 12.0 Å². The first-order chi connectivity index (χ1) is 11.8. The van der Waals surface area contributed by atoms with E-state index >= 15 is 0 Å². The second-order valence-corrected chi connectivity index (χ2v) is 6.81. The van der Waals surface area contributed by atoms with E-state index in [0.29, 0.717) is 17.3 Å². The fraction of sp³-hybridized carbons (Fsp3) is 0.333. The van der Waals surface area contributed by atoms with Crippen LogP contribution < -0.4 is 10.6 Å². The molecule has 0 fully saturated rings. The number of anilines is 2. The van der Waals surface area contributed by atoms with E-state index in [1.54, 1.807) is 24.3 Å². The molecular weight excluding hydrogens is 312 g/mol. The number of benzene rings is 2. The Kier molecular flexibility index (Phi) is 6.34. The number of carbonyl (C=O) groups excluding carboxylic acids is 2. The lowest BCUT2D eigenvalue weighted by atomic mass is 9.96. The predicted molar refractivity (Wildman–Crippen MR) is 103 cm³/mol. The largest absolute Gasteiger partial charge is 0.326 e. The van der Waals surface area contributed by atoms with Gasteiger partial charge in [0.15, 0.2) is 0 Å². The summed E-state index contributed by atoms with van der Waals surface area (Å²) >= 11 is 0. The molecule has 0 aliphatic heterocycles. The Bertz CT molecular complexity index is 719. The molecule has 0 bridgehead atoms. The summed E-state index contributed by atoms with van der Waals surface area (Å²) in [5.74, 6) is 0.213. The number of amides is 2. The third kappa shape index (κ3) is 5.75. The third-order valence-electron chi connectivity index (χ3n) is 3.99. The van der Waals surface area contributed by atoms with Gasteiger partial charge in [0.1, 0.15) is 0 Å². The van der Waals surface area contributed by atoms with Crippen LogP contribution in [0, 0.1) is 5.92 Å². The number of carbonyl (C=O) groups is 2. The molecule has 4 heteroatoms. The van der Waals surface area contributed by atoms with Crippen LogP contribution in [-0.2, 0) is 16.0 Å². The summed E-state index contributed by atoms with van der Waals surface area (Å²) in [6.07, 6.45) is 1.04. The molecule has 132 valence electrons. The highest BCUT2D eigenvalue weighted by molar-refractivity contribution is 5.96. The standard InChI is InChI=1S/C21H26N2O2/c1-14(2)13-17-5-7-18(8-6-17)15(3)21(25)23-20-11-9-19(10-12-20)22-16(4)24/h5-12,14-15H,13H2,1-4H3,(H,22,24)(H,23,25). The average Bonchev–Trinajstić information content (AvgIpc) is 2.55. The van der Waals surface area contributed by atoms with Crippen LogP contribution in [0.1, 0.15) is 44.7 Å². The van der Waals surface area contributed by atoms with Gasteiger partial charge in [-0.05, 0) is 54.7 Å². The SMILES string of the molecule is CC(=O)Nc1ccc(NC(=O)C(C)c2ccc(CC(C)C)cc2)cc1. The number of hydrogen-bond acceptors (Lipinski definition) is 2. The van der Waals surface area contributed by atoms with Gasteiger partial charge in [0.2, 0.25) is 11.8 Å². The van der Waals surface area contributed by atoms with Crippen molar-refractivity contribution in [1.82, 2.24) is 0 Å². The van der Waals surface area contributed by atoms with Gasteiger partial charge in [-0.2, -0.15) is 0 Å². The molecule has 2 amide bonds. The molecule has 4 nitrogen and oxygen atoms in total. The number of rotatable bonds is 6. The summed E-state index contributed by atoms with van der Waals surface area (Å²) < 4.78 is 0. The van der Waals surface area contributed by atoms with Crippen molar-refractivity contribution in [2.45, 2.75) is 40.0 Å².